The summed E-state index contributed by atoms with van der Waals surface area (Å²) in [5, 5.41) is 10.7. The molecule has 1 unspecified atom stereocenters. The molecule has 1 amide bonds. The van der Waals surface area contributed by atoms with Gasteiger partial charge in [0.25, 0.3) is 5.91 Å². The van der Waals surface area contributed by atoms with Crippen LogP contribution in [0.1, 0.15) is 27.0 Å². The topological polar surface area (TPSA) is 40.5 Å². The molecule has 0 aromatic heterocycles. The number of alkyl halides is 5. The maximum absolute atomic E-state index is 15.1. The van der Waals surface area contributed by atoms with Gasteiger partial charge in [-0.3, -0.25) is 4.79 Å². The molecule has 0 radical (unpaired) electrons. The van der Waals surface area contributed by atoms with Crippen LogP contribution in [0.4, 0.5) is 22.0 Å². The Hall–Kier alpha value is -2.48. The molecule has 0 saturated carbocycles. The predicted molar refractivity (Wildman–Crippen MR) is 77.8 cm³/mol. The third kappa shape index (κ3) is 2.31. The zero-order valence-electron chi connectivity index (χ0n) is 12.8. The smallest absolute Gasteiger partial charge is 0.362 e. The van der Waals surface area contributed by atoms with Crippen molar-refractivity contribution in [3.8, 4) is 0 Å². The molecule has 1 atom stereocenters. The van der Waals surface area contributed by atoms with E-state index in [1.54, 1.807) is 0 Å². The van der Waals surface area contributed by atoms with Crippen LogP contribution in [0.25, 0.3) is 0 Å². The van der Waals surface area contributed by atoms with Gasteiger partial charge in [-0.15, -0.1) is 0 Å². The van der Waals surface area contributed by atoms with Crippen molar-refractivity contribution in [1.82, 2.24) is 4.90 Å². The lowest BCUT2D eigenvalue weighted by Gasteiger charge is -2.38. The Balaban J connectivity index is 2.12. The van der Waals surface area contributed by atoms with E-state index in [0.29, 0.717) is 29.2 Å². The lowest BCUT2D eigenvalue weighted by atomic mass is 9.90. The van der Waals surface area contributed by atoms with E-state index in [0.717, 1.165) is 7.05 Å². The Morgan fingerprint density at radius 3 is 2.00 bits per heavy atom. The number of rotatable bonds is 2. The lowest BCUT2D eigenvalue weighted by molar-refractivity contribution is -0.247. The van der Waals surface area contributed by atoms with E-state index in [1.165, 1.54) is 24.3 Å². The van der Waals surface area contributed by atoms with Crippen LogP contribution in [0.2, 0.25) is 0 Å². The zero-order valence-corrected chi connectivity index (χ0v) is 12.8. The first-order valence-electron chi connectivity index (χ1n) is 7.17. The minimum atomic E-state index is -4.67. The van der Waals surface area contributed by atoms with E-state index in [2.05, 4.69) is 0 Å². The normalized spacial score (nSPS) is 20.8. The number of aliphatic hydroxyl groups is 1. The molecule has 0 saturated heterocycles. The summed E-state index contributed by atoms with van der Waals surface area (Å²) in [6.45, 7) is 0. The lowest BCUT2D eigenvalue weighted by Crippen LogP contribution is -2.52. The number of amides is 1. The van der Waals surface area contributed by atoms with Crippen LogP contribution in [0.15, 0.2) is 48.5 Å². The van der Waals surface area contributed by atoms with Gasteiger partial charge in [0, 0.05) is 23.7 Å². The van der Waals surface area contributed by atoms with Gasteiger partial charge in [0.15, 0.2) is 0 Å². The van der Waals surface area contributed by atoms with Crippen molar-refractivity contribution in [3.05, 3.63) is 70.8 Å². The average Bonchev–Trinajstić information content (AvgIpc) is 2.77. The number of halogens is 5. The van der Waals surface area contributed by atoms with Crippen LogP contribution >= 0.6 is 0 Å². The molecule has 3 rings (SSSR count). The summed E-state index contributed by atoms with van der Waals surface area (Å²) < 4.78 is 67.9. The van der Waals surface area contributed by atoms with Gasteiger partial charge in [0.2, 0.25) is 5.72 Å². The van der Waals surface area contributed by atoms with Gasteiger partial charge >= 0.3 is 12.1 Å². The molecule has 0 fully saturated rings. The van der Waals surface area contributed by atoms with Gasteiger partial charge in [0.05, 0.1) is 5.56 Å². The summed E-state index contributed by atoms with van der Waals surface area (Å²) in [5.41, 5.74) is -5.30. The molecule has 8 heteroatoms. The largest absolute Gasteiger partial charge is 0.416 e. The summed E-state index contributed by atoms with van der Waals surface area (Å²) in [5.74, 6) is -4.83. The Morgan fingerprint density at radius 1 is 0.920 bits per heavy atom. The van der Waals surface area contributed by atoms with Crippen molar-refractivity contribution < 1.29 is 31.9 Å². The molecule has 2 aromatic rings. The van der Waals surface area contributed by atoms with E-state index < -0.39 is 34.9 Å². The molecule has 25 heavy (non-hydrogen) atoms. The fraction of sp³-hybridized carbons (Fsp3) is 0.235. The summed E-state index contributed by atoms with van der Waals surface area (Å²) >= 11 is 0. The minimum absolute atomic E-state index is 0.0842. The summed E-state index contributed by atoms with van der Waals surface area (Å²) in [7, 11) is 1.01. The average molecular weight is 357 g/mol. The maximum Gasteiger partial charge on any atom is 0.416 e. The number of likely N-dealkylation sites (N-methyl/N-ethyl adjacent to an activating group) is 1. The summed E-state index contributed by atoms with van der Waals surface area (Å²) in [6, 6.07) is 7.56. The Morgan fingerprint density at radius 2 is 1.44 bits per heavy atom. The summed E-state index contributed by atoms with van der Waals surface area (Å²) in [4.78, 5) is 12.7. The number of hydrogen-bond acceptors (Lipinski definition) is 2. The van der Waals surface area contributed by atoms with E-state index >= 15 is 8.78 Å². The number of benzene rings is 2. The molecular formula is C17H12F5NO2. The van der Waals surface area contributed by atoms with Crippen LogP contribution < -0.4 is 0 Å². The molecule has 0 aliphatic carbocycles. The highest BCUT2D eigenvalue weighted by atomic mass is 19.4. The highest BCUT2D eigenvalue weighted by Crippen LogP contribution is 2.51. The van der Waals surface area contributed by atoms with Crippen LogP contribution in [-0.2, 0) is 17.8 Å². The van der Waals surface area contributed by atoms with Gasteiger partial charge in [-0.05, 0) is 18.2 Å². The molecule has 1 aliphatic heterocycles. The standard InChI is InChI=1S/C17H12F5NO2/c1-23-14(24)12-4-2-3-5-13(12)16(23,25)15(18,19)10-6-8-11(9-7-10)17(20,21)22/h2-9,25H,1H3. The molecule has 0 spiro atoms. The first kappa shape index (κ1) is 17.3. The highest BCUT2D eigenvalue weighted by Gasteiger charge is 2.63. The van der Waals surface area contributed by atoms with Crippen LogP contribution in [0, 0.1) is 0 Å². The number of nitrogens with zero attached hydrogens (tertiary/aromatic N) is 1. The number of carbonyl (C=O) groups is 1. The third-order valence-electron chi connectivity index (χ3n) is 4.34. The van der Waals surface area contributed by atoms with Crippen molar-refractivity contribution in [2.45, 2.75) is 17.8 Å². The second-order valence-electron chi connectivity index (χ2n) is 5.73. The quantitative estimate of drug-likeness (QED) is 0.832. The molecule has 0 bridgehead atoms. The monoisotopic (exact) mass is 357 g/mol. The molecule has 2 aromatic carbocycles. The fourth-order valence-corrected chi connectivity index (χ4v) is 2.93. The van der Waals surface area contributed by atoms with E-state index in [9.17, 15) is 23.1 Å². The van der Waals surface area contributed by atoms with Crippen LogP contribution in [0.5, 0.6) is 0 Å². The van der Waals surface area contributed by atoms with Crippen molar-refractivity contribution >= 4 is 5.91 Å². The third-order valence-corrected chi connectivity index (χ3v) is 4.34. The second kappa shape index (κ2) is 5.26. The Labute approximate surface area is 139 Å². The Bertz CT molecular complexity index is 832. The molecule has 3 nitrogen and oxygen atoms in total. The van der Waals surface area contributed by atoms with Gasteiger partial charge < -0.3 is 10.0 Å². The van der Waals surface area contributed by atoms with E-state index in [4.69, 9.17) is 0 Å². The zero-order chi connectivity index (χ0) is 18.6. The fourth-order valence-electron chi connectivity index (χ4n) is 2.93. The van der Waals surface area contributed by atoms with E-state index in [-0.39, 0.29) is 11.1 Å². The Kier molecular flexibility index (Phi) is 3.65. The molecule has 1 aliphatic rings. The molecule has 132 valence electrons. The first-order chi connectivity index (χ1) is 11.5. The predicted octanol–water partition coefficient (Wildman–Crippen LogP) is 3.73. The molecule has 1 N–H and O–H groups in total. The second-order valence-corrected chi connectivity index (χ2v) is 5.73. The first-order valence-corrected chi connectivity index (χ1v) is 7.17. The SMILES string of the molecule is CN1C(=O)c2ccccc2C1(O)C(F)(F)c1ccc(C(F)(F)F)cc1. The van der Waals surface area contributed by atoms with Crippen LogP contribution in [-0.4, -0.2) is 23.0 Å². The molecule has 1 heterocycles. The number of fused-ring (bicyclic) bond motifs is 1. The minimum Gasteiger partial charge on any atom is -0.362 e. The number of carbonyl (C=O) groups excluding carboxylic acids is 1. The van der Waals surface area contributed by atoms with Crippen molar-refractivity contribution in [2.75, 3.05) is 7.05 Å². The number of hydrogen-bond donors (Lipinski definition) is 1. The maximum atomic E-state index is 15.1. The van der Waals surface area contributed by atoms with Gasteiger partial charge in [-0.25, -0.2) is 0 Å². The van der Waals surface area contributed by atoms with Gasteiger partial charge in [0.1, 0.15) is 0 Å². The van der Waals surface area contributed by atoms with Crippen LogP contribution in [0.3, 0.4) is 0 Å². The summed E-state index contributed by atoms with van der Waals surface area (Å²) in [6.07, 6.45) is -4.67. The van der Waals surface area contributed by atoms with Gasteiger partial charge in [-0.2, -0.15) is 22.0 Å². The van der Waals surface area contributed by atoms with E-state index in [1.807, 2.05) is 0 Å². The van der Waals surface area contributed by atoms with Crippen molar-refractivity contribution in [1.29, 1.82) is 0 Å². The molecular weight excluding hydrogens is 345 g/mol. The highest BCUT2D eigenvalue weighted by molar-refractivity contribution is 5.99. The van der Waals surface area contributed by atoms with Crippen molar-refractivity contribution in [2.24, 2.45) is 0 Å². The van der Waals surface area contributed by atoms with Crippen molar-refractivity contribution in [3.63, 3.8) is 0 Å². The van der Waals surface area contributed by atoms with Gasteiger partial charge in [-0.1, -0.05) is 30.3 Å².